The lowest BCUT2D eigenvalue weighted by Gasteiger charge is -2.27. The first-order valence-corrected chi connectivity index (χ1v) is 8.06. The van der Waals surface area contributed by atoms with Gasteiger partial charge in [-0.3, -0.25) is 0 Å². The maximum Gasteiger partial charge on any atom is 0.337 e. The Labute approximate surface area is 129 Å². The number of carbonyl (C=O) groups is 1. The van der Waals surface area contributed by atoms with Gasteiger partial charge in [0.1, 0.15) is 0 Å². The molecule has 0 bridgehead atoms. The number of aliphatic hydroxyl groups is 1. The van der Waals surface area contributed by atoms with Crippen LogP contribution in [0.3, 0.4) is 0 Å². The van der Waals surface area contributed by atoms with Crippen molar-refractivity contribution in [3.05, 3.63) is 28.8 Å². The second kappa shape index (κ2) is 6.31. The van der Waals surface area contributed by atoms with Gasteiger partial charge in [0.05, 0.1) is 21.1 Å². The molecule has 0 radical (unpaired) electrons. The number of rotatable bonds is 6. The van der Waals surface area contributed by atoms with Crippen LogP contribution in [0.15, 0.2) is 23.1 Å². The number of sulfonamides is 1. The van der Waals surface area contributed by atoms with Crippen LogP contribution in [0.2, 0.25) is 5.02 Å². The highest BCUT2D eigenvalue weighted by atomic mass is 35.5. The van der Waals surface area contributed by atoms with Crippen LogP contribution >= 0.6 is 11.6 Å². The second-order valence-corrected chi connectivity index (χ2v) is 7.54. The van der Waals surface area contributed by atoms with Crippen molar-refractivity contribution in [2.45, 2.75) is 31.3 Å². The van der Waals surface area contributed by atoms with Gasteiger partial charge in [-0.25, -0.2) is 13.2 Å². The van der Waals surface area contributed by atoms with Crippen LogP contribution in [0.25, 0.3) is 0 Å². The summed E-state index contributed by atoms with van der Waals surface area (Å²) in [5, 5.41) is 18.5. The number of carboxylic acid groups (broad SMARTS) is 1. The zero-order chi connectivity index (χ0) is 16.4. The lowest BCUT2D eigenvalue weighted by molar-refractivity contribution is 0.0601. The van der Waals surface area contributed by atoms with Crippen LogP contribution in [-0.4, -0.2) is 47.6 Å². The Morgan fingerprint density at radius 3 is 2.33 bits per heavy atom. The molecule has 21 heavy (non-hydrogen) atoms. The van der Waals surface area contributed by atoms with E-state index >= 15 is 0 Å². The van der Waals surface area contributed by atoms with Gasteiger partial charge in [0, 0.05) is 13.1 Å². The van der Waals surface area contributed by atoms with Crippen LogP contribution in [0.5, 0.6) is 0 Å². The summed E-state index contributed by atoms with van der Waals surface area (Å²) >= 11 is 5.80. The van der Waals surface area contributed by atoms with Crippen LogP contribution in [0.4, 0.5) is 0 Å². The summed E-state index contributed by atoms with van der Waals surface area (Å²) in [5.74, 6) is -1.23. The van der Waals surface area contributed by atoms with Gasteiger partial charge in [-0.1, -0.05) is 18.5 Å². The predicted molar refractivity (Wildman–Crippen MR) is 79.1 cm³/mol. The van der Waals surface area contributed by atoms with Crippen molar-refractivity contribution in [3.8, 4) is 0 Å². The SMILES string of the molecule is CCN(CC(C)(C)O)S(=O)(=O)c1ccc(C(=O)O)c(Cl)c1. The Kier molecular flexibility index (Phi) is 5.38. The number of hydrogen-bond donors (Lipinski definition) is 2. The van der Waals surface area contributed by atoms with E-state index in [0.717, 1.165) is 16.4 Å². The molecule has 0 unspecified atom stereocenters. The van der Waals surface area contributed by atoms with E-state index in [9.17, 15) is 18.3 Å². The van der Waals surface area contributed by atoms with Gasteiger partial charge in [-0.15, -0.1) is 0 Å². The highest BCUT2D eigenvalue weighted by Crippen LogP contribution is 2.24. The molecule has 0 fully saturated rings. The monoisotopic (exact) mass is 335 g/mol. The van der Waals surface area contributed by atoms with Gasteiger partial charge in [0.2, 0.25) is 10.0 Å². The maximum absolute atomic E-state index is 12.5. The average Bonchev–Trinajstić information content (AvgIpc) is 2.34. The molecule has 0 aromatic heterocycles. The summed E-state index contributed by atoms with van der Waals surface area (Å²) in [6.07, 6.45) is 0. The van der Waals surface area contributed by atoms with Crippen molar-refractivity contribution < 1.29 is 23.4 Å². The van der Waals surface area contributed by atoms with E-state index in [1.54, 1.807) is 6.92 Å². The molecule has 1 aromatic rings. The first kappa shape index (κ1) is 17.9. The van der Waals surface area contributed by atoms with Gasteiger partial charge in [-0.2, -0.15) is 4.31 Å². The fraction of sp³-hybridized carbons (Fsp3) is 0.462. The molecule has 0 saturated carbocycles. The third-order valence-electron chi connectivity index (χ3n) is 2.72. The van der Waals surface area contributed by atoms with E-state index in [4.69, 9.17) is 16.7 Å². The lowest BCUT2D eigenvalue weighted by Crippen LogP contribution is -2.42. The van der Waals surface area contributed by atoms with Gasteiger partial charge in [-0.05, 0) is 32.0 Å². The number of likely N-dealkylation sites (N-methyl/N-ethyl adjacent to an activating group) is 1. The number of hydrogen-bond acceptors (Lipinski definition) is 4. The zero-order valence-electron chi connectivity index (χ0n) is 12.0. The first-order valence-electron chi connectivity index (χ1n) is 6.24. The van der Waals surface area contributed by atoms with E-state index < -0.39 is 21.6 Å². The molecule has 0 aliphatic carbocycles. The topological polar surface area (TPSA) is 94.9 Å². The predicted octanol–water partition coefficient (Wildman–Crippen LogP) is 1.82. The van der Waals surface area contributed by atoms with Crippen LogP contribution in [0, 0.1) is 0 Å². The van der Waals surface area contributed by atoms with Crippen molar-refractivity contribution in [2.24, 2.45) is 0 Å². The Hall–Kier alpha value is -1.15. The molecular weight excluding hydrogens is 318 g/mol. The van der Waals surface area contributed by atoms with Gasteiger partial charge >= 0.3 is 5.97 Å². The van der Waals surface area contributed by atoms with E-state index in [1.807, 2.05) is 0 Å². The van der Waals surface area contributed by atoms with Crippen molar-refractivity contribution >= 4 is 27.6 Å². The minimum Gasteiger partial charge on any atom is -0.478 e. The highest BCUT2D eigenvalue weighted by molar-refractivity contribution is 7.89. The fourth-order valence-corrected chi connectivity index (χ4v) is 3.73. The molecule has 0 aliphatic rings. The molecule has 6 nitrogen and oxygen atoms in total. The fourth-order valence-electron chi connectivity index (χ4n) is 1.78. The number of nitrogens with zero attached hydrogens (tertiary/aromatic N) is 1. The number of carboxylic acids is 1. The third kappa shape index (κ3) is 4.41. The van der Waals surface area contributed by atoms with Crippen molar-refractivity contribution in [3.63, 3.8) is 0 Å². The highest BCUT2D eigenvalue weighted by Gasteiger charge is 2.29. The Morgan fingerprint density at radius 1 is 1.38 bits per heavy atom. The van der Waals surface area contributed by atoms with Gasteiger partial charge in [0.15, 0.2) is 0 Å². The Morgan fingerprint density at radius 2 is 1.95 bits per heavy atom. The van der Waals surface area contributed by atoms with Gasteiger partial charge < -0.3 is 10.2 Å². The number of halogens is 1. The van der Waals surface area contributed by atoms with E-state index in [-0.39, 0.29) is 28.6 Å². The second-order valence-electron chi connectivity index (χ2n) is 5.19. The van der Waals surface area contributed by atoms with E-state index in [2.05, 4.69) is 0 Å². The molecule has 0 amide bonds. The minimum atomic E-state index is -3.85. The summed E-state index contributed by atoms with van der Waals surface area (Å²) in [5.41, 5.74) is -1.35. The van der Waals surface area contributed by atoms with Crippen LogP contribution < -0.4 is 0 Å². The lowest BCUT2D eigenvalue weighted by atomic mass is 10.1. The Bertz CT molecular complexity index is 636. The number of aromatic carboxylic acids is 1. The van der Waals surface area contributed by atoms with Crippen molar-refractivity contribution in [1.29, 1.82) is 0 Å². The zero-order valence-corrected chi connectivity index (χ0v) is 13.6. The third-order valence-corrected chi connectivity index (χ3v) is 4.95. The first-order chi connectivity index (χ1) is 9.49. The molecule has 1 rings (SSSR count). The number of benzene rings is 1. The minimum absolute atomic E-state index is 0.0792. The molecular formula is C13H18ClNO5S. The molecule has 0 heterocycles. The molecule has 1 aromatic carbocycles. The van der Waals surface area contributed by atoms with Crippen LogP contribution in [-0.2, 0) is 10.0 Å². The standard InChI is InChI=1S/C13H18ClNO5S/c1-4-15(8-13(2,3)18)21(19,20)9-5-6-10(12(16)17)11(14)7-9/h5-7,18H,4,8H2,1-3H3,(H,16,17). The van der Waals surface area contributed by atoms with Crippen molar-refractivity contribution in [1.82, 2.24) is 4.31 Å². The van der Waals surface area contributed by atoms with Crippen molar-refractivity contribution in [2.75, 3.05) is 13.1 Å². The van der Waals surface area contributed by atoms with Gasteiger partial charge in [0.25, 0.3) is 0 Å². The quantitative estimate of drug-likeness (QED) is 0.826. The average molecular weight is 336 g/mol. The largest absolute Gasteiger partial charge is 0.478 e. The molecule has 0 aliphatic heterocycles. The normalized spacial score (nSPS) is 12.7. The molecule has 8 heteroatoms. The maximum atomic E-state index is 12.5. The van der Waals surface area contributed by atoms with E-state index in [1.165, 1.54) is 19.9 Å². The molecule has 118 valence electrons. The Balaban J connectivity index is 3.23. The summed E-state index contributed by atoms with van der Waals surface area (Å²) in [6.45, 7) is 4.75. The summed E-state index contributed by atoms with van der Waals surface area (Å²) < 4.78 is 26.1. The summed E-state index contributed by atoms with van der Waals surface area (Å²) in [7, 11) is -3.85. The van der Waals surface area contributed by atoms with Crippen LogP contribution in [0.1, 0.15) is 31.1 Å². The van der Waals surface area contributed by atoms with E-state index in [0.29, 0.717) is 0 Å². The summed E-state index contributed by atoms with van der Waals surface area (Å²) in [4.78, 5) is 10.8. The molecule has 0 saturated heterocycles. The molecule has 0 atom stereocenters. The summed E-state index contributed by atoms with van der Waals surface area (Å²) in [6, 6.07) is 3.44. The molecule has 2 N–H and O–H groups in total. The molecule has 0 spiro atoms. The smallest absolute Gasteiger partial charge is 0.337 e.